The van der Waals surface area contributed by atoms with Crippen LogP contribution in [0.1, 0.15) is 11.8 Å². The minimum absolute atomic E-state index is 0.0650. The number of anilines is 1. The van der Waals surface area contributed by atoms with Gasteiger partial charge in [-0.2, -0.15) is 5.10 Å². The summed E-state index contributed by atoms with van der Waals surface area (Å²) in [4.78, 5) is 24.3. The van der Waals surface area contributed by atoms with Gasteiger partial charge in [-0.1, -0.05) is 0 Å². The van der Waals surface area contributed by atoms with Crippen LogP contribution in [0.5, 0.6) is 5.75 Å². The molecule has 1 saturated heterocycles. The maximum absolute atomic E-state index is 14.5. The number of nitrogens with one attached hydrogen (secondary N) is 1. The van der Waals surface area contributed by atoms with Crippen LogP contribution in [-0.4, -0.2) is 56.3 Å². The highest BCUT2D eigenvalue weighted by atomic mass is 32.1. The standard InChI is InChI=1S/C24H20F2N6O2S/c1-13(33)31-10-15(11-31)29-22-5-4-19-23(30-22)16-9-21(35-20(16)6-7-34-19)24-27-12-28-32(24)18-3-2-14(25)8-17(18)26/h2-5,8-9,12,15H,6-7,10-11H2,1H3,(H,29,30). The van der Waals surface area contributed by atoms with E-state index in [0.717, 1.165) is 21.4 Å². The molecule has 0 spiro atoms. The Balaban J connectivity index is 1.34. The highest BCUT2D eigenvalue weighted by Crippen LogP contribution is 2.42. The predicted octanol–water partition coefficient (Wildman–Crippen LogP) is 3.91. The molecule has 2 aliphatic rings. The molecule has 6 rings (SSSR count). The van der Waals surface area contributed by atoms with Crippen LogP contribution in [0.25, 0.3) is 27.6 Å². The fourth-order valence-electron chi connectivity index (χ4n) is 4.29. The van der Waals surface area contributed by atoms with E-state index in [1.54, 1.807) is 11.8 Å². The fourth-order valence-corrected chi connectivity index (χ4v) is 5.41. The number of fused-ring (bicyclic) bond motifs is 3. The van der Waals surface area contributed by atoms with Crippen molar-refractivity contribution in [2.45, 2.75) is 19.4 Å². The van der Waals surface area contributed by atoms with Gasteiger partial charge in [0.1, 0.15) is 35.1 Å². The number of benzene rings is 1. The molecule has 3 aromatic heterocycles. The van der Waals surface area contributed by atoms with Gasteiger partial charge >= 0.3 is 0 Å². The van der Waals surface area contributed by atoms with Crippen molar-refractivity contribution in [2.24, 2.45) is 0 Å². The lowest BCUT2D eigenvalue weighted by Gasteiger charge is -2.39. The molecular weight excluding hydrogens is 474 g/mol. The maximum Gasteiger partial charge on any atom is 0.219 e. The number of ether oxygens (including phenoxy) is 1. The number of rotatable bonds is 4. The van der Waals surface area contributed by atoms with Crippen LogP contribution in [-0.2, 0) is 11.2 Å². The molecule has 0 unspecified atom stereocenters. The summed E-state index contributed by atoms with van der Waals surface area (Å²) in [5.41, 5.74) is 1.76. The van der Waals surface area contributed by atoms with Crippen LogP contribution in [0.2, 0.25) is 0 Å². The van der Waals surface area contributed by atoms with E-state index >= 15 is 0 Å². The molecule has 0 radical (unpaired) electrons. The van der Waals surface area contributed by atoms with Crippen LogP contribution in [0, 0.1) is 11.6 Å². The van der Waals surface area contributed by atoms with Gasteiger partial charge in [-0.3, -0.25) is 4.79 Å². The number of hydrogen-bond acceptors (Lipinski definition) is 7. The molecule has 1 amide bonds. The number of hydrogen-bond donors (Lipinski definition) is 1. The van der Waals surface area contributed by atoms with Gasteiger partial charge in [-0.05, 0) is 30.3 Å². The number of amides is 1. The van der Waals surface area contributed by atoms with E-state index < -0.39 is 11.6 Å². The van der Waals surface area contributed by atoms with Crippen LogP contribution >= 0.6 is 11.3 Å². The summed E-state index contributed by atoms with van der Waals surface area (Å²) >= 11 is 1.52. The van der Waals surface area contributed by atoms with Gasteiger partial charge < -0.3 is 15.0 Å². The Kier molecular flexibility index (Phi) is 5.21. The van der Waals surface area contributed by atoms with Crippen molar-refractivity contribution in [3.8, 4) is 33.4 Å². The van der Waals surface area contributed by atoms with Crippen LogP contribution in [0.4, 0.5) is 14.6 Å². The topological polar surface area (TPSA) is 85.2 Å². The Bertz CT molecular complexity index is 1450. The molecule has 0 saturated carbocycles. The number of halogens is 2. The lowest BCUT2D eigenvalue weighted by atomic mass is 10.1. The Hall–Kier alpha value is -3.86. The second-order valence-electron chi connectivity index (χ2n) is 8.45. The number of nitrogens with zero attached hydrogens (tertiary/aromatic N) is 5. The molecule has 178 valence electrons. The van der Waals surface area contributed by atoms with Crippen molar-refractivity contribution in [3.63, 3.8) is 0 Å². The summed E-state index contributed by atoms with van der Waals surface area (Å²) in [6, 6.07) is 9.25. The van der Waals surface area contributed by atoms with Crippen molar-refractivity contribution in [1.82, 2.24) is 24.6 Å². The summed E-state index contributed by atoms with van der Waals surface area (Å²) in [5, 5.41) is 7.56. The lowest BCUT2D eigenvalue weighted by molar-refractivity contribution is -0.132. The van der Waals surface area contributed by atoms with Gasteiger partial charge in [0, 0.05) is 42.9 Å². The van der Waals surface area contributed by atoms with Crippen LogP contribution < -0.4 is 10.1 Å². The number of aromatic nitrogens is 4. The van der Waals surface area contributed by atoms with Crippen LogP contribution in [0.15, 0.2) is 42.7 Å². The van der Waals surface area contributed by atoms with E-state index in [-0.39, 0.29) is 17.6 Å². The average molecular weight is 495 g/mol. The molecular formula is C24H20F2N6O2S. The summed E-state index contributed by atoms with van der Waals surface area (Å²) < 4.78 is 35.2. The number of carbonyl (C=O) groups is 1. The van der Waals surface area contributed by atoms with Gasteiger partial charge in [0.15, 0.2) is 11.6 Å². The van der Waals surface area contributed by atoms with Gasteiger partial charge in [0.2, 0.25) is 5.91 Å². The molecule has 1 aromatic carbocycles. The Morgan fingerprint density at radius 2 is 2.06 bits per heavy atom. The third-order valence-corrected chi connectivity index (χ3v) is 7.28. The summed E-state index contributed by atoms with van der Waals surface area (Å²) in [6.07, 6.45) is 2.04. The quantitative estimate of drug-likeness (QED) is 0.463. The molecule has 0 aliphatic carbocycles. The molecule has 4 aromatic rings. The Morgan fingerprint density at radius 1 is 1.20 bits per heavy atom. The molecule has 0 atom stereocenters. The van der Waals surface area contributed by atoms with E-state index in [4.69, 9.17) is 9.72 Å². The van der Waals surface area contributed by atoms with Crippen molar-refractivity contribution in [1.29, 1.82) is 0 Å². The summed E-state index contributed by atoms with van der Waals surface area (Å²) in [6.45, 7) is 3.36. The zero-order chi connectivity index (χ0) is 24.1. The normalized spacial score (nSPS) is 15.0. The second kappa shape index (κ2) is 8.42. The number of thiophene rings is 1. The predicted molar refractivity (Wildman–Crippen MR) is 127 cm³/mol. The molecule has 1 N–H and O–H groups in total. The monoisotopic (exact) mass is 494 g/mol. The third-order valence-electron chi connectivity index (χ3n) is 6.09. The third kappa shape index (κ3) is 3.91. The van der Waals surface area contributed by atoms with Crippen molar-refractivity contribution < 1.29 is 18.3 Å². The van der Waals surface area contributed by atoms with E-state index in [1.165, 1.54) is 34.5 Å². The first-order chi connectivity index (χ1) is 17.0. The van der Waals surface area contributed by atoms with Gasteiger partial charge in [-0.15, -0.1) is 11.3 Å². The first-order valence-electron chi connectivity index (χ1n) is 11.1. The van der Waals surface area contributed by atoms with Crippen molar-refractivity contribution >= 4 is 23.1 Å². The molecule has 0 bridgehead atoms. The number of carbonyl (C=O) groups excluding carboxylic acids is 1. The number of pyridine rings is 1. The van der Waals surface area contributed by atoms with Crippen LogP contribution in [0.3, 0.4) is 0 Å². The molecule has 11 heteroatoms. The molecule has 35 heavy (non-hydrogen) atoms. The Labute approximate surface area is 203 Å². The zero-order valence-corrected chi connectivity index (χ0v) is 19.5. The lowest BCUT2D eigenvalue weighted by Crippen LogP contribution is -2.56. The second-order valence-corrected chi connectivity index (χ2v) is 9.58. The maximum atomic E-state index is 14.5. The van der Waals surface area contributed by atoms with Gasteiger partial charge in [0.25, 0.3) is 0 Å². The molecule has 1 fully saturated rings. The first kappa shape index (κ1) is 21.7. The fraction of sp³-hybridized carbons (Fsp3) is 0.250. The van der Waals surface area contributed by atoms with Crippen molar-refractivity contribution in [2.75, 3.05) is 25.0 Å². The minimum Gasteiger partial charge on any atom is -0.491 e. The largest absolute Gasteiger partial charge is 0.491 e. The Morgan fingerprint density at radius 3 is 2.86 bits per heavy atom. The SMILES string of the molecule is CC(=O)N1CC(Nc2ccc3c(n2)-c2cc(-c4ncnn4-c4ccc(F)cc4F)sc2CCO3)C1. The minimum atomic E-state index is -0.717. The highest BCUT2D eigenvalue weighted by Gasteiger charge is 2.29. The average Bonchev–Trinajstić information content (AvgIpc) is 3.40. The summed E-state index contributed by atoms with van der Waals surface area (Å²) in [5.74, 6) is 0.546. The van der Waals surface area contributed by atoms with Crippen molar-refractivity contribution in [3.05, 3.63) is 59.2 Å². The van der Waals surface area contributed by atoms with E-state index in [1.807, 2.05) is 18.2 Å². The summed E-state index contributed by atoms with van der Waals surface area (Å²) in [7, 11) is 0. The molecule has 5 heterocycles. The van der Waals surface area contributed by atoms with E-state index in [2.05, 4.69) is 15.4 Å². The van der Waals surface area contributed by atoms with Gasteiger partial charge in [-0.25, -0.2) is 23.4 Å². The zero-order valence-electron chi connectivity index (χ0n) is 18.7. The smallest absolute Gasteiger partial charge is 0.219 e. The van der Waals surface area contributed by atoms with E-state index in [0.29, 0.717) is 49.2 Å². The molecule has 8 nitrogen and oxygen atoms in total. The van der Waals surface area contributed by atoms with Gasteiger partial charge in [0.05, 0.1) is 17.5 Å². The first-order valence-corrected chi connectivity index (χ1v) is 11.9. The highest BCUT2D eigenvalue weighted by molar-refractivity contribution is 7.16. The van der Waals surface area contributed by atoms with E-state index in [9.17, 15) is 13.6 Å². The number of likely N-dealkylation sites (tertiary alicyclic amines) is 1. The molecule has 2 aliphatic heterocycles.